The number of carboxylic acid groups (broad SMARTS) is 2. The highest BCUT2D eigenvalue weighted by atomic mass is 16.4. The number of aliphatic hydroxyl groups excluding tert-OH is 8. The van der Waals surface area contributed by atoms with E-state index in [1.54, 1.807) is 0 Å². The van der Waals surface area contributed by atoms with Crippen molar-refractivity contribution < 1.29 is 60.7 Å². The maximum atomic E-state index is 10.5. The number of aliphatic carboxylic acids is 2. The van der Waals surface area contributed by atoms with Crippen molar-refractivity contribution in [2.75, 3.05) is 0 Å². The van der Waals surface area contributed by atoms with E-state index < -0.39 is 72.4 Å². The van der Waals surface area contributed by atoms with Crippen molar-refractivity contribution in [1.29, 1.82) is 0 Å². The van der Waals surface area contributed by atoms with Gasteiger partial charge in [0.15, 0.2) is 23.9 Å². The Labute approximate surface area is 178 Å². The summed E-state index contributed by atoms with van der Waals surface area (Å²) in [6.45, 7) is 0. The fraction of sp³-hybridized carbons (Fsp3) is 0.571. The number of carboxylic acids is 2. The first-order valence-corrected chi connectivity index (χ1v) is 8.36. The molecule has 0 aliphatic carbocycles. The molecule has 8 atom stereocenters. The van der Waals surface area contributed by atoms with Gasteiger partial charge in [-0.1, -0.05) is 0 Å². The number of hydrogen-bond donors (Lipinski definition) is 12. The third kappa shape index (κ3) is 8.95. The molecule has 32 heavy (non-hydrogen) atoms. The largest absolute Gasteiger partial charge is 0.479 e. The van der Waals surface area contributed by atoms with E-state index in [4.69, 9.17) is 31.9 Å². The molecular weight excluding hydrogens is 444 g/mol. The van der Waals surface area contributed by atoms with Gasteiger partial charge in [-0.15, -0.1) is 10.2 Å². The maximum Gasteiger partial charge on any atom is 0.335 e. The summed E-state index contributed by atoms with van der Waals surface area (Å²) in [6, 6.07) is 0. The van der Waals surface area contributed by atoms with Gasteiger partial charge in [-0.3, -0.25) is 0 Å². The Morgan fingerprint density at radius 2 is 0.875 bits per heavy atom. The van der Waals surface area contributed by atoms with Crippen LogP contribution in [0.25, 0.3) is 0 Å². The fourth-order valence-electron chi connectivity index (χ4n) is 1.68. The average molecular weight is 468 g/mol. The van der Waals surface area contributed by atoms with Crippen LogP contribution in [0.1, 0.15) is 0 Å². The number of rotatable bonds is 12. The minimum absolute atomic E-state index is 0.515. The monoisotopic (exact) mass is 468 g/mol. The molecule has 0 bridgehead atoms. The van der Waals surface area contributed by atoms with E-state index in [-0.39, 0.29) is 0 Å². The highest BCUT2D eigenvalue weighted by Gasteiger charge is 2.34. The van der Waals surface area contributed by atoms with Gasteiger partial charge in [-0.2, -0.15) is 10.2 Å². The van der Waals surface area contributed by atoms with Crippen LogP contribution in [0.5, 0.6) is 0 Å². The third-order valence-electron chi connectivity index (χ3n) is 3.58. The zero-order valence-electron chi connectivity index (χ0n) is 16.0. The molecule has 0 spiro atoms. The molecule has 18 nitrogen and oxygen atoms in total. The molecule has 0 fully saturated rings. The van der Waals surface area contributed by atoms with Gasteiger partial charge in [-0.25, -0.2) is 9.59 Å². The topological polar surface area (TPSA) is 338 Å². The van der Waals surface area contributed by atoms with Gasteiger partial charge < -0.3 is 62.5 Å². The smallest absolute Gasteiger partial charge is 0.335 e. The summed E-state index contributed by atoms with van der Waals surface area (Å²) >= 11 is 0. The quantitative estimate of drug-likeness (QED) is 0.0719. The van der Waals surface area contributed by atoms with Crippen molar-refractivity contribution in [3.8, 4) is 0 Å². The Morgan fingerprint density at radius 3 is 1.12 bits per heavy atom. The van der Waals surface area contributed by atoms with Gasteiger partial charge in [0.1, 0.15) is 36.6 Å². The first-order valence-electron chi connectivity index (χ1n) is 8.36. The zero-order chi connectivity index (χ0) is 25.2. The van der Waals surface area contributed by atoms with Crippen LogP contribution in [0.4, 0.5) is 0 Å². The van der Waals surface area contributed by atoms with Gasteiger partial charge in [0, 0.05) is 0 Å². The number of amidine groups is 2. The highest BCUT2D eigenvalue weighted by molar-refractivity contribution is 6.39. The molecule has 0 saturated heterocycles. The minimum Gasteiger partial charge on any atom is -0.479 e. The van der Waals surface area contributed by atoms with E-state index in [1.807, 2.05) is 0 Å². The number of nitrogens with two attached hydrogens (primary N) is 2. The first-order chi connectivity index (χ1) is 14.7. The van der Waals surface area contributed by atoms with E-state index in [1.165, 1.54) is 0 Å². The zero-order valence-corrected chi connectivity index (χ0v) is 16.0. The molecule has 8 unspecified atom stereocenters. The lowest BCUT2D eigenvalue weighted by molar-refractivity contribution is -0.161. The van der Waals surface area contributed by atoms with Crippen LogP contribution in [0.15, 0.2) is 20.4 Å². The summed E-state index contributed by atoms with van der Waals surface area (Å²) in [4.78, 5) is 21.0. The molecule has 0 aliphatic rings. The summed E-state index contributed by atoms with van der Waals surface area (Å²) in [6.07, 6.45) is -16.5. The molecule has 182 valence electrons. The van der Waals surface area contributed by atoms with Gasteiger partial charge in [0.05, 0.1) is 12.4 Å². The van der Waals surface area contributed by atoms with Crippen LogP contribution in [-0.4, -0.2) is 136 Å². The molecule has 0 radical (unpaired) electrons. The Hall–Kier alpha value is -3.10. The molecule has 0 rings (SSSR count). The van der Waals surface area contributed by atoms with Crippen LogP contribution >= 0.6 is 0 Å². The van der Waals surface area contributed by atoms with Gasteiger partial charge >= 0.3 is 11.9 Å². The number of nitrogens with zero attached hydrogens (tertiary/aromatic N) is 4. The van der Waals surface area contributed by atoms with Crippen molar-refractivity contribution in [1.82, 2.24) is 0 Å². The standard InChI is InChI=1S/C14H24N6O12/c15-11(19-17-1-3(21)5(23)7(25)9(27)13(29)30)12(16)20-18-2-4(22)6(24)8(26)10(28)14(31)32/h1-10,21-28H,(H2,15,19)(H2,16,20)(H,29,30)(H,31,32)/b17-1+,18-2+. The molecule has 14 N–H and O–H groups in total. The lowest BCUT2D eigenvalue weighted by atomic mass is 10.0. The Balaban J connectivity index is 5.00. The SMILES string of the molecule is NC(=N\N=C\C(O)C(O)C(O)C(O)C(=O)O)/C(N)=N/N=C/C(O)C(O)C(O)C(O)C(=O)O. The molecule has 18 heteroatoms. The highest BCUT2D eigenvalue weighted by Crippen LogP contribution is 2.05. The van der Waals surface area contributed by atoms with E-state index in [0.717, 1.165) is 0 Å². The van der Waals surface area contributed by atoms with Gasteiger partial charge in [0.25, 0.3) is 0 Å². The number of aliphatic hydroxyl groups is 8. The van der Waals surface area contributed by atoms with Crippen LogP contribution in [0.2, 0.25) is 0 Å². The second-order valence-electron chi connectivity index (χ2n) is 6.01. The second kappa shape index (κ2) is 13.3. The van der Waals surface area contributed by atoms with Crippen molar-refractivity contribution in [2.24, 2.45) is 31.9 Å². The summed E-state index contributed by atoms with van der Waals surface area (Å²) in [5.74, 6) is -4.94. The predicted octanol–water partition coefficient (Wildman–Crippen LogP) is -7.27. The predicted molar refractivity (Wildman–Crippen MR) is 104 cm³/mol. The third-order valence-corrected chi connectivity index (χ3v) is 3.58. The van der Waals surface area contributed by atoms with Gasteiger partial charge in [-0.05, 0) is 0 Å². The lowest BCUT2D eigenvalue weighted by Gasteiger charge is -2.22. The molecule has 0 heterocycles. The number of carbonyl (C=O) groups is 2. The normalized spacial score (nSPS) is 21.0. The van der Waals surface area contributed by atoms with Gasteiger partial charge in [0.2, 0.25) is 0 Å². The second-order valence-corrected chi connectivity index (χ2v) is 6.01. The van der Waals surface area contributed by atoms with E-state index in [2.05, 4.69) is 20.4 Å². The van der Waals surface area contributed by atoms with Crippen molar-refractivity contribution in [2.45, 2.75) is 48.8 Å². The van der Waals surface area contributed by atoms with E-state index in [9.17, 15) is 40.2 Å². The molecule has 0 saturated carbocycles. The summed E-state index contributed by atoms with van der Waals surface area (Å²) in [5.41, 5.74) is 10.7. The summed E-state index contributed by atoms with van der Waals surface area (Å²) in [7, 11) is 0. The van der Waals surface area contributed by atoms with Crippen molar-refractivity contribution >= 4 is 36.0 Å². The molecule has 0 aromatic rings. The molecule has 0 amide bonds. The van der Waals surface area contributed by atoms with Crippen LogP contribution in [0.3, 0.4) is 0 Å². The molecule has 0 aromatic heterocycles. The van der Waals surface area contributed by atoms with Crippen molar-refractivity contribution in [3.63, 3.8) is 0 Å². The van der Waals surface area contributed by atoms with Crippen LogP contribution in [-0.2, 0) is 9.59 Å². The van der Waals surface area contributed by atoms with Crippen LogP contribution < -0.4 is 11.5 Å². The van der Waals surface area contributed by atoms with Crippen molar-refractivity contribution in [3.05, 3.63) is 0 Å². The van der Waals surface area contributed by atoms with E-state index >= 15 is 0 Å². The maximum absolute atomic E-state index is 10.5. The lowest BCUT2D eigenvalue weighted by Crippen LogP contribution is -2.48. The van der Waals surface area contributed by atoms with E-state index in [0.29, 0.717) is 12.4 Å². The molecular formula is C14H24N6O12. The molecule has 0 aromatic carbocycles. The average Bonchev–Trinajstić information content (AvgIpc) is 2.74. The molecule has 0 aliphatic heterocycles. The summed E-state index contributed by atoms with van der Waals surface area (Å²) < 4.78 is 0. The Kier molecular flexibility index (Phi) is 12.0. The Bertz CT molecular complexity index is 696. The van der Waals surface area contributed by atoms with Crippen LogP contribution in [0, 0.1) is 0 Å². The minimum atomic E-state index is -2.38. The first kappa shape index (κ1) is 28.9. The summed E-state index contributed by atoms with van der Waals surface area (Å²) in [5, 5.41) is 105. The number of hydrogen-bond acceptors (Lipinski definition) is 14. The Morgan fingerprint density at radius 1 is 0.594 bits per heavy atom. The fourth-order valence-corrected chi connectivity index (χ4v) is 1.68.